The minimum absolute atomic E-state index is 0.0420. The van der Waals surface area contributed by atoms with Crippen molar-refractivity contribution in [2.45, 2.75) is 25.0 Å². The molecule has 1 unspecified atom stereocenters. The van der Waals surface area contributed by atoms with Gasteiger partial charge in [0.1, 0.15) is 30.9 Å². The molecule has 1 saturated heterocycles. The number of halogens is 4. The van der Waals surface area contributed by atoms with Crippen molar-refractivity contribution in [3.8, 4) is 0 Å². The number of aromatic nitrogens is 1. The van der Waals surface area contributed by atoms with Crippen LogP contribution in [0.25, 0.3) is 0 Å². The number of alkyl halides is 2. The van der Waals surface area contributed by atoms with Crippen molar-refractivity contribution >= 4 is 41.0 Å². The largest absolute Gasteiger partial charge is 0.463 e. The monoisotopic (exact) mass is 542 g/mol. The molecule has 2 aromatic rings. The van der Waals surface area contributed by atoms with Crippen LogP contribution in [0.4, 0.5) is 13.2 Å². The highest BCUT2D eigenvalue weighted by Crippen LogP contribution is 2.38. The van der Waals surface area contributed by atoms with Gasteiger partial charge >= 0.3 is 5.97 Å². The fourth-order valence-corrected chi connectivity index (χ4v) is 4.93. The summed E-state index contributed by atoms with van der Waals surface area (Å²) in [6.07, 6.45) is 0.508. The van der Waals surface area contributed by atoms with Crippen LogP contribution >= 0.6 is 22.9 Å². The van der Waals surface area contributed by atoms with Gasteiger partial charge in [0.05, 0.1) is 18.7 Å². The van der Waals surface area contributed by atoms with E-state index in [2.05, 4.69) is 15.3 Å². The van der Waals surface area contributed by atoms with E-state index in [1.165, 1.54) is 28.4 Å². The summed E-state index contributed by atoms with van der Waals surface area (Å²) in [5.74, 6) is -4.18. The predicted molar refractivity (Wildman–Crippen MR) is 127 cm³/mol. The Morgan fingerprint density at radius 3 is 2.89 bits per heavy atom. The molecule has 192 valence electrons. The van der Waals surface area contributed by atoms with Crippen molar-refractivity contribution in [1.82, 2.24) is 15.2 Å². The summed E-state index contributed by atoms with van der Waals surface area (Å²) in [6.45, 7) is 0.317. The quantitative estimate of drug-likeness (QED) is 0.383. The Hall–Kier alpha value is -2.80. The molecule has 1 aromatic heterocycles. The minimum atomic E-state index is -3.20. The molecule has 36 heavy (non-hydrogen) atoms. The average molecular weight is 543 g/mol. The molecule has 2 atom stereocenters. The number of thiazole rings is 1. The Labute approximate surface area is 213 Å². The summed E-state index contributed by atoms with van der Waals surface area (Å²) >= 11 is 7.62. The van der Waals surface area contributed by atoms with Crippen molar-refractivity contribution in [3.05, 3.63) is 62.5 Å². The number of rotatable bonds is 9. The lowest BCUT2D eigenvalue weighted by molar-refractivity contribution is -0.139. The maximum Gasteiger partial charge on any atom is 0.338 e. The maximum absolute atomic E-state index is 14.5. The van der Waals surface area contributed by atoms with Crippen molar-refractivity contribution in [3.63, 3.8) is 0 Å². The molecule has 0 radical (unpaired) electrons. The molecule has 13 heteroatoms. The number of carbonyl (C=O) groups excluding carboxylic acids is 2. The zero-order valence-corrected chi connectivity index (χ0v) is 20.6. The van der Waals surface area contributed by atoms with Gasteiger partial charge in [0.2, 0.25) is 0 Å². The Bertz CT molecular complexity index is 1190. The molecule has 1 fully saturated rings. The number of carbonyl (C=O) groups is 2. The van der Waals surface area contributed by atoms with E-state index in [-0.39, 0.29) is 36.0 Å². The lowest BCUT2D eigenvalue weighted by Gasteiger charge is -2.29. The van der Waals surface area contributed by atoms with E-state index in [0.29, 0.717) is 22.7 Å². The van der Waals surface area contributed by atoms with Crippen LogP contribution in [0, 0.1) is 5.82 Å². The summed E-state index contributed by atoms with van der Waals surface area (Å²) in [7, 11) is 0. The lowest BCUT2D eigenvalue weighted by atomic mass is 9.95. The number of hydrogen-bond acceptors (Lipinski definition) is 9. The Balaban J connectivity index is 1.76. The van der Waals surface area contributed by atoms with Crippen LogP contribution in [0.15, 0.2) is 46.0 Å². The van der Waals surface area contributed by atoms with Crippen LogP contribution < -0.4 is 5.32 Å². The van der Waals surface area contributed by atoms with Gasteiger partial charge in [-0.2, -0.15) is 0 Å². The summed E-state index contributed by atoms with van der Waals surface area (Å²) in [5, 5.41) is 5.34. The van der Waals surface area contributed by atoms with Crippen molar-refractivity contribution in [1.29, 1.82) is 0 Å². The lowest BCUT2D eigenvalue weighted by Crippen LogP contribution is -2.39. The second kappa shape index (κ2) is 11.1. The normalized spacial score (nSPS) is 21.8. The summed E-state index contributed by atoms with van der Waals surface area (Å²) in [5.41, 5.74) is 0.672. The van der Waals surface area contributed by atoms with E-state index >= 15 is 0 Å². The number of nitrogens with zero attached hydrogens (tertiary/aromatic N) is 3. The number of likely N-dealkylation sites (tertiary alicyclic amines) is 1. The summed E-state index contributed by atoms with van der Waals surface area (Å²) < 4.78 is 53.2. The van der Waals surface area contributed by atoms with E-state index in [1.807, 2.05) is 0 Å². The van der Waals surface area contributed by atoms with Gasteiger partial charge in [0, 0.05) is 40.9 Å². The summed E-state index contributed by atoms with van der Waals surface area (Å²) in [4.78, 5) is 34.0. The second-order valence-corrected chi connectivity index (χ2v) is 9.34. The molecule has 8 nitrogen and oxygen atoms in total. The van der Waals surface area contributed by atoms with Crippen LogP contribution in [0.1, 0.15) is 23.5 Å². The highest BCUT2D eigenvalue weighted by Gasteiger charge is 2.49. The van der Waals surface area contributed by atoms with Crippen LogP contribution in [0.5, 0.6) is 0 Å². The molecular formula is C23H22ClF3N4O4S. The van der Waals surface area contributed by atoms with Gasteiger partial charge in [-0.1, -0.05) is 17.7 Å². The molecule has 0 spiro atoms. The Morgan fingerprint density at radius 2 is 2.22 bits per heavy atom. The van der Waals surface area contributed by atoms with Gasteiger partial charge in [-0.15, -0.1) is 11.3 Å². The Morgan fingerprint density at radius 1 is 1.42 bits per heavy atom. The summed E-state index contributed by atoms with van der Waals surface area (Å²) in [6, 6.07) is 2.72. The third-order valence-corrected chi connectivity index (χ3v) is 6.70. The first-order chi connectivity index (χ1) is 17.2. The number of aliphatic imine (C=N–C) groups is 1. The number of ether oxygens (including phenoxy) is 2. The standard InChI is InChI=1S/C23H22ClF3N4O4S/c1-2-34-22(33)18-16(10-31-11-17(35-7-6-32)23(26,27)12-31)29-20(21-28-5-8-36-21)30-19(18)14-4-3-13(25)9-15(14)24/h3-6,8-9,17,19H,2,7,10-12H2,1H3,(H,29,30)/t17?,19-/m0/s1. The maximum atomic E-state index is 14.5. The van der Waals surface area contributed by atoms with Gasteiger partial charge in [0.25, 0.3) is 5.92 Å². The van der Waals surface area contributed by atoms with Crippen molar-refractivity contribution in [2.24, 2.45) is 4.99 Å². The number of amidine groups is 1. The molecular weight excluding hydrogens is 521 g/mol. The fraction of sp³-hybridized carbons (Fsp3) is 0.391. The first-order valence-electron chi connectivity index (χ1n) is 11.0. The van der Waals surface area contributed by atoms with E-state index < -0.39 is 43.0 Å². The average Bonchev–Trinajstić information content (AvgIpc) is 3.45. The smallest absolute Gasteiger partial charge is 0.338 e. The number of esters is 1. The molecule has 0 bridgehead atoms. The van der Waals surface area contributed by atoms with Crippen molar-refractivity contribution in [2.75, 3.05) is 32.8 Å². The first kappa shape index (κ1) is 26.3. The number of nitrogens with one attached hydrogen (secondary N) is 1. The molecule has 2 aliphatic rings. The van der Waals surface area contributed by atoms with Gasteiger partial charge in [0.15, 0.2) is 10.8 Å². The van der Waals surface area contributed by atoms with E-state index in [0.717, 1.165) is 6.07 Å². The van der Waals surface area contributed by atoms with Gasteiger partial charge in [-0.25, -0.2) is 22.9 Å². The predicted octanol–water partition coefficient (Wildman–Crippen LogP) is 3.38. The van der Waals surface area contributed by atoms with E-state index in [1.54, 1.807) is 18.5 Å². The van der Waals surface area contributed by atoms with Crippen LogP contribution in [-0.2, 0) is 19.1 Å². The number of hydrogen-bond donors (Lipinski definition) is 1. The molecule has 0 amide bonds. The van der Waals surface area contributed by atoms with Gasteiger partial charge in [-0.05, 0) is 19.1 Å². The van der Waals surface area contributed by atoms with E-state index in [4.69, 9.17) is 21.1 Å². The fourth-order valence-electron chi connectivity index (χ4n) is 4.07. The molecule has 0 aliphatic carbocycles. The topological polar surface area (TPSA) is 93.1 Å². The highest BCUT2D eigenvalue weighted by atomic mass is 35.5. The molecule has 1 aromatic carbocycles. The number of aldehydes is 1. The van der Waals surface area contributed by atoms with Crippen LogP contribution in [0.3, 0.4) is 0 Å². The number of benzene rings is 1. The SMILES string of the molecule is CCOC(=O)C1=C(CN2CC(OCC=O)C(F)(F)C2)NC(c2nccs2)=N[C@H]1c1ccc(F)cc1Cl. The van der Waals surface area contributed by atoms with Crippen LogP contribution in [0.2, 0.25) is 5.02 Å². The first-order valence-corrected chi connectivity index (χ1v) is 12.2. The minimum Gasteiger partial charge on any atom is -0.463 e. The van der Waals surface area contributed by atoms with Crippen LogP contribution in [-0.4, -0.2) is 72.8 Å². The molecule has 2 aliphatic heterocycles. The van der Waals surface area contributed by atoms with E-state index in [9.17, 15) is 22.8 Å². The highest BCUT2D eigenvalue weighted by molar-refractivity contribution is 7.11. The zero-order valence-electron chi connectivity index (χ0n) is 19.0. The third kappa shape index (κ3) is 5.61. The Kier molecular flexibility index (Phi) is 8.08. The zero-order chi connectivity index (χ0) is 25.9. The second-order valence-electron chi connectivity index (χ2n) is 8.04. The van der Waals surface area contributed by atoms with Gasteiger partial charge in [-0.3, -0.25) is 9.89 Å². The van der Waals surface area contributed by atoms with Gasteiger partial charge < -0.3 is 19.6 Å². The molecule has 0 saturated carbocycles. The third-order valence-electron chi connectivity index (χ3n) is 5.59. The molecule has 1 N–H and O–H groups in total. The molecule has 3 heterocycles. The molecule has 4 rings (SSSR count). The van der Waals surface area contributed by atoms with Crippen molar-refractivity contribution < 1.29 is 32.2 Å².